The maximum atomic E-state index is 12.2. The van der Waals surface area contributed by atoms with Crippen LogP contribution < -0.4 is 0 Å². The van der Waals surface area contributed by atoms with Crippen LogP contribution in [0.15, 0.2) is 60.2 Å². The van der Waals surface area contributed by atoms with Gasteiger partial charge in [-0.15, -0.1) is 11.3 Å². The van der Waals surface area contributed by atoms with Gasteiger partial charge in [0, 0.05) is 21.6 Å². The molecular formula is C19H14O2S. The second-order valence-electron chi connectivity index (χ2n) is 5.33. The van der Waals surface area contributed by atoms with E-state index in [0.717, 1.165) is 21.6 Å². The molecule has 4 rings (SSSR count). The van der Waals surface area contributed by atoms with Gasteiger partial charge in [-0.05, 0) is 28.6 Å². The van der Waals surface area contributed by atoms with Crippen LogP contribution in [-0.2, 0) is 16.0 Å². The number of methoxy groups -OCH3 is 1. The molecule has 0 unspecified atom stereocenters. The van der Waals surface area contributed by atoms with Crippen molar-refractivity contribution in [1.29, 1.82) is 0 Å². The molecule has 108 valence electrons. The lowest BCUT2D eigenvalue weighted by Crippen LogP contribution is -2.05. The van der Waals surface area contributed by atoms with E-state index in [0.29, 0.717) is 6.42 Å². The van der Waals surface area contributed by atoms with Gasteiger partial charge >= 0.3 is 5.97 Å². The number of hydrogen-bond acceptors (Lipinski definition) is 3. The SMILES string of the molecule is COC(=O)C1=C(c2cc3ccccc3s2)c2ccccc2C1. The third-order valence-corrected chi connectivity index (χ3v) is 5.19. The number of rotatable bonds is 2. The lowest BCUT2D eigenvalue weighted by molar-refractivity contribution is -0.136. The Morgan fingerprint density at radius 2 is 1.86 bits per heavy atom. The van der Waals surface area contributed by atoms with Gasteiger partial charge in [0.05, 0.1) is 12.7 Å². The fourth-order valence-corrected chi connectivity index (χ4v) is 4.19. The molecule has 3 heteroatoms. The molecule has 0 atom stereocenters. The number of thiophene rings is 1. The molecule has 0 spiro atoms. The normalized spacial score (nSPS) is 13.5. The molecule has 1 aromatic heterocycles. The number of fused-ring (bicyclic) bond motifs is 2. The molecule has 0 radical (unpaired) electrons. The van der Waals surface area contributed by atoms with Gasteiger partial charge < -0.3 is 4.74 Å². The Labute approximate surface area is 132 Å². The van der Waals surface area contributed by atoms with E-state index in [1.807, 2.05) is 24.3 Å². The van der Waals surface area contributed by atoms with Crippen LogP contribution in [0.2, 0.25) is 0 Å². The first kappa shape index (κ1) is 13.3. The molecule has 0 saturated heterocycles. The minimum absolute atomic E-state index is 0.233. The highest BCUT2D eigenvalue weighted by molar-refractivity contribution is 7.20. The summed E-state index contributed by atoms with van der Waals surface area (Å²) in [5.74, 6) is -0.233. The average molecular weight is 306 g/mol. The molecule has 22 heavy (non-hydrogen) atoms. The van der Waals surface area contributed by atoms with Crippen molar-refractivity contribution in [1.82, 2.24) is 0 Å². The van der Waals surface area contributed by atoms with Crippen molar-refractivity contribution >= 4 is 33.0 Å². The highest BCUT2D eigenvalue weighted by Gasteiger charge is 2.28. The quantitative estimate of drug-likeness (QED) is 0.655. The third kappa shape index (κ3) is 1.97. The van der Waals surface area contributed by atoms with Crippen LogP contribution in [0.1, 0.15) is 16.0 Å². The molecule has 2 aromatic carbocycles. The van der Waals surface area contributed by atoms with Gasteiger partial charge in [0.1, 0.15) is 0 Å². The molecule has 0 saturated carbocycles. The molecule has 0 amide bonds. The van der Waals surface area contributed by atoms with Gasteiger partial charge in [-0.25, -0.2) is 4.79 Å². The Morgan fingerprint density at radius 1 is 1.09 bits per heavy atom. The van der Waals surface area contributed by atoms with Gasteiger partial charge in [0.15, 0.2) is 0 Å². The minimum atomic E-state index is -0.233. The lowest BCUT2D eigenvalue weighted by Gasteiger charge is -2.05. The molecule has 1 heterocycles. The number of benzene rings is 2. The zero-order valence-corrected chi connectivity index (χ0v) is 12.9. The Morgan fingerprint density at radius 3 is 2.68 bits per heavy atom. The fraction of sp³-hybridized carbons (Fsp3) is 0.105. The molecular weight excluding hydrogens is 292 g/mol. The monoisotopic (exact) mass is 306 g/mol. The summed E-state index contributed by atoms with van der Waals surface area (Å²) in [6.45, 7) is 0. The van der Waals surface area contributed by atoms with E-state index in [1.54, 1.807) is 11.3 Å². The van der Waals surface area contributed by atoms with E-state index < -0.39 is 0 Å². The van der Waals surface area contributed by atoms with E-state index in [9.17, 15) is 4.79 Å². The maximum absolute atomic E-state index is 12.2. The van der Waals surface area contributed by atoms with Crippen LogP contribution >= 0.6 is 11.3 Å². The van der Waals surface area contributed by atoms with Crippen LogP contribution in [0.4, 0.5) is 0 Å². The van der Waals surface area contributed by atoms with Crippen molar-refractivity contribution in [2.75, 3.05) is 7.11 Å². The van der Waals surface area contributed by atoms with Crippen LogP contribution in [0.25, 0.3) is 15.7 Å². The molecule has 2 nitrogen and oxygen atoms in total. The Bertz CT molecular complexity index is 885. The predicted molar refractivity (Wildman–Crippen MR) is 90.0 cm³/mol. The van der Waals surface area contributed by atoms with Crippen molar-refractivity contribution in [3.63, 3.8) is 0 Å². The van der Waals surface area contributed by atoms with Crippen LogP contribution in [-0.4, -0.2) is 13.1 Å². The smallest absolute Gasteiger partial charge is 0.334 e. The molecule has 1 aliphatic rings. The summed E-state index contributed by atoms with van der Waals surface area (Å²) in [7, 11) is 1.45. The topological polar surface area (TPSA) is 26.3 Å². The summed E-state index contributed by atoms with van der Waals surface area (Å²) >= 11 is 1.72. The van der Waals surface area contributed by atoms with Crippen molar-refractivity contribution in [3.05, 3.63) is 76.2 Å². The van der Waals surface area contributed by atoms with E-state index in [1.165, 1.54) is 22.8 Å². The number of esters is 1. The first-order chi connectivity index (χ1) is 10.8. The summed E-state index contributed by atoms with van der Waals surface area (Å²) in [5, 5.41) is 1.21. The Kier molecular flexibility index (Phi) is 3.09. The summed E-state index contributed by atoms with van der Waals surface area (Å²) in [6, 6.07) is 18.7. The van der Waals surface area contributed by atoms with Crippen molar-refractivity contribution < 1.29 is 9.53 Å². The maximum Gasteiger partial charge on any atom is 0.334 e. The van der Waals surface area contributed by atoms with Crippen LogP contribution in [0.5, 0.6) is 0 Å². The second kappa shape index (κ2) is 5.11. The van der Waals surface area contributed by atoms with Gasteiger partial charge in [-0.3, -0.25) is 0 Å². The molecule has 0 fully saturated rings. The van der Waals surface area contributed by atoms with Gasteiger partial charge in [0.2, 0.25) is 0 Å². The molecule has 0 N–H and O–H groups in total. The van der Waals surface area contributed by atoms with Gasteiger partial charge in [0.25, 0.3) is 0 Å². The molecule has 0 aliphatic heterocycles. The number of carbonyl (C=O) groups is 1. The highest BCUT2D eigenvalue weighted by Crippen LogP contribution is 2.42. The summed E-state index contributed by atoms with van der Waals surface area (Å²) in [5.41, 5.74) is 4.13. The van der Waals surface area contributed by atoms with Crippen LogP contribution in [0, 0.1) is 0 Å². The minimum Gasteiger partial charge on any atom is -0.466 e. The largest absolute Gasteiger partial charge is 0.466 e. The van der Waals surface area contributed by atoms with Crippen LogP contribution in [0.3, 0.4) is 0 Å². The van der Waals surface area contributed by atoms with Crippen molar-refractivity contribution in [3.8, 4) is 0 Å². The fourth-order valence-electron chi connectivity index (χ4n) is 3.04. The molecule has 0 bridgehead atoms. The zero-order chi connectivity index (χ0) is 15.1. The van der Waals surface area contributed by atoms with Gasteiger partial charge in [-0.1, -0.05) is 42.5 Å². The van der Waals surface area contributed by atoms with Crippen molar-refractivity contribution in [2.45, 2.75) is 6.42 Å². The average Bonchev–Trinajstić information content (AvgIpc) is 3.14. The first-order valence-corrected chi connectivity index (χ1v) is 7.98. The van der Waals surface area contributed by atoms with E-state index in [2.05, 4.69) is 30.3 Å². The van der Waals surface area contributed by atoms with Gasteiger partial charge in [-0.2, -0.15) is 0 Å². The van der Waals surface area contributed by atoms with E-state index in [4.69, 9.17) is 4.74 Å². The summed E-state index contributed by atoms with van der Waals surface area (Å²) in [6.07, 6.45) is 0.645. The standard InChI is InChI=1S/C19H14O2S/c1-21-19(20)15-10-12-6-2-4-8-14(12)18(15)17-11-13-7-3-5-9-16(13)22-17/h2-9,11H,10H2,1H3. The molecule has 1 aliphatic carbocycles. The van der Waals surface area contributed by atoms with E-state index in [-0.39, 0.29) is 5.97 Å². The third-order valence-electron chi connectivity index (χ3n) is 4.06. The summed E-state index contributed by atoms with van der Waals surface area (Å²) in [4.78, 5) is 13.3. The van der Waals surface area contributed by atoms with E-state index >= 15 is 0 Å². The number of hydrogen-bond donors (Lipinski definition) is 0. The zero-order valence-electron chi connectivity index (χ0n) is 12.1. The molecule has 3 aromatic rings. The number of carbonyl (C=O) groups excluding carboxylic acids is 1. The summed E-state index contributed by atoms with van der Waals surface area (Å²) < 4.78 is 6.23. The lowest BCUT2D eigenvalue weighted by atomic mass is 10.0. The number of ether oxygens (including phenoxy) is 1. The van der Waals surface area contributed by atoms with Crippen molar-refractivity contribution in [2.24, 2.45) is 0 Å². The highest BCUT2D eigenvalue weighted by atomic mass is 32.1. The predicted octanol–water partition coefficient (Wildman–Crippen LogP) is 4.43. The second-order valence-corrected chi connectivity index (χ2v) is 6.41. The first-order valence-electron chi connectivity index (χ1n) is 7.16. The Hall–Kier alpha value is -2.39. The Balaban J connectivity index is 1.96.